The summed E-state index contributed by atoms with van der Waals surface area (Å²) in [5.74, 6) is 0.136. The van der Waals surface area contributed by atoms with E-state index in [9.17, 15) is 17.1 Å². The van der Waals surface area contributed by atoms with Gasteiger partial charge in [0.1, 0.15) is 13.2 Å². The second-order valence-corrected chi connectivity index (χ2v) is 7.18. The topological polar surface area (TPSA) is 72.9 Å². The van der Waals surface area contributed by atoms with E-state index >= 15 is 0 Å². The number of fused-ring (bicyclic) bond motifs is 1. The average Bonchev–Trinajstić information content (AvgIpc) is 2.53. The molecular weight excluding hydrogens is 325 g/mol. The number of amides is 1. The quantitative estimate of drug-likeness (QED) is 0.780. The lowest BCUT2D eigenvalue weighted by molar-refractivity contribution is 0.0688. The fraction of sp³-hybridized carbons (Fsp3) is 0.533. The number of halogens is 1. The number of hydrogen-bond donors (Lipinski definition) is 0. The van der Waals surface area contributed by atoms with Crippen LogP contribution in [-0.2, 0) is 10.2 Å². The summed E-state index contributed by atoms with van der Waals surface area (Å²) in [4.78, 5) is 14.3. The predicted octanol–water partition coefficient (Wildman–Crippen LogP) is 1.61. The number of nitrogens with zero attached hydrogens (tertiary/aromatic N) is 1. The van der Waals surface area contributed by atoms with Gasteiger partial charge in [0, 0.05) is 13.1 Å². The number of likely N-dealkylation sites (tertiary alicyclic amines) is 1. The molecule has 23 heavy (non-hydrogen) atoms. The number of carbonyl (C=O) groups excluding carboxylic acids is 1. The maximum atomic E-state index is 12.7. The number of ether oxygens (including phenoxy) is 2. The van der Waals surface area contributed by atoms with Gasteiger partial charge in [0.15, 0.2) is 11.5 Å². The van der Waals surface area contributed by atoms with Gasteiger partial charge in [-0.25, -0.2) is 0 Å². The first-order chi connectivity index (χ1) is 10.9. The summed E-state index contributed by atoms with van der Waals surface area (Å²) >= 11 is 0. The fourth-order valence-electron chi connectivity index (χ4n) is 3.00. The summed E-state index contributed by atoms with van der Waals surface area (Å²) in [6.45, 7) is 1.66. The van der Waals surface area contributed by atoms with Gasteiger partial charge < -0.3 is 14.4 Å². The number of carbonyl (C=O) groups is 1. The van der Waals surface area contributed by atoms with Gasteiger partial charge in [0.05, 0.1) is 11.3 Å². The molecule has 0 aliphatic carbocycles. The molecule has 1 amide bonds. The molecule has 1 aromatic carbocycles. The Morgan fingerprint density at radius 3 is 2.61 bits per heavy atom. The molecule has 0 unspecified atom stereocenters. The highest BCUT2D eigenvalue weighted by Crippen LogP contribution is 2.34. The molecule has 126 valence electrons. The number of piperidine rings is 1. The summed E-state index contributed by atoms with van der Waals surface area (Å²) in [7, 11) is -4.47. The predicted molar refractivity (Wildman–Crippen MR) is 81.0 cm³/mol. The van der Waals surface area contributed by atoms with Crippen molar-refractivity contribution in [1.82, 2.24) is 4.90 Å². The SMILES string of the molecule is O=C(c1cccc2c1OCCO2)N1CCC(CS(=O)(=O)F)CC1. The second kappa shape index (κ2) is 6.35. The molecule has 8 heteroatoms. The first kappa shape index (κ1) is 16.0. The monoisotopic (exact) mass is 343 g/mol. The van der Waals surface area contributed by atoms with Gasteiger partial charge in [0.25, 0.3) is 5.91 Å². The summed E-state index contributed by atoms with van der Waals surface area (Å²) in [6.07, 6.45) is 0.947. The maximum absolute atomic E-state index is 12.7. The van der Waals surface area contributed by atoms with E-state index in [0.717, 1.165) is 0 Å². The average molecular weight is 343 g/mol. The molecule has 0 atom stereocenters. The molecule has 2 aliphatic heterocycles. The van der Waals surface area contributed by atoms with Crippen LogP contribution in [0.5, 0.6) is 11.5 Å². The molecule has 2 aliphatic rings. The van der Waals surface area contributed by atoms with E-state index in [-0.39, 0.29) is 11.8 Å². The lowest BCUT2D eigenvalue weighted by Gasteiger charge is -2.32. The Hall–Kier alpha value is -1.83. The van der Waals surface area contributed by atoms with Crippen molar-refractivity contribution in [3.8, 4) is 11.5 Å². The van der Waals surface area contributed by atoms with E-state index in [0.29, 0.717) is 56.2 Å². The Morgan fingerprint density at radius 1 is 1.22 bits per heavy atom. The Balaban J connectivity index is 1.69. The van der Waals surface area contributed by atoms with Crippen LogP contribution in [0.15, 0.2) is 18.2 Å². The lowest BCUT2D eigenvalue weighted by atomic mass is 9.98. The van der Waals surface area contributed by atoms with Crippen molar-refractivity contribution < 1.29 is 26.6 Å². The number of hydrogen-bond acceptors (Lipinski definition) is 5. The summed E-state index contributed by atoms with van der Waals surface area (Å²) in [6, 6.07) is 5.18. The molecule has 1 aromatic rings. The molecule has 0 radical (unpaired) electrons. The third kappa shape index (κ3) is 3.74. The first-order valence-electron chi connectivity index (χ1n) is 7.54. The minimum Gasteiger partial charge on any atom is -0.486 e. The van der Waals surface area contributed by atoms with E-state index in [2.05, 4.69) is 0 Å². The molecule has 2 heterocycles. The highest BCUT2D eigenvalue weighted by Gasteiger charge is 2.29. The van der Waals surface area contributed by atoms with Gasteiger partial charge in [-0.05, 0) is 30.9 Å². The van der Waals surface area contributed by atoms with Crippen LogP contribution in [-0.4, -0.2) is 51.3 Å². The van der Waals surface area contributed by atoms with Crippen LogP contribution in [0.4, 0.5) is 3.89 Å². The standard InChI is InChI=1S/C15H18FNO5S/c16-23(19,20)10-11-4-6-17(7-5-11)15(18)12-2-1-3-13-14(12)22-9-8-21-13/h1-3,11H,4-10H2. The largest absolute Gasteiger partial charge is 0.486 e. The summed E-state index contributed by atoms with van der Waals surface area (Å²) in [5, 5.41) is 0. The summed E-state index contributed by atoms with van der Waals surface area (Å²) in [5.41, 5.74) is 0.443. The molecule has 0 aromatic heterocycles. The fourth-order valence-corrected chi connectivity index (χ4v) is 3.89. The third-order valence-electron chi connectivity index (χ3n) is 4.13. The van der Waals surface area contributed by atoms with E-state index in [1.165, 1.54) is 0 Å². The number of para-hydroxylation sites is 1. The third-order valence-corrected chi connectivity index (χ3v) is 5.00. The van der Waals surface area contributed by atoms with Crippen molar-refractivity contribution >= 4 is 16.1 Å². The van der Waals surface area contributed by atoms with Gasteiger partial charge in [-0.3, -0.25) is 4.79 Å². The van der Waals surface area contributed by atoms with Crippen molar-refractivity contribution in [1.29, 1.82) is 0 Å². The Labute approximate surface area is 134 Å². The van der Waals surface area contributed by atoms with E-state index in [1.54, 1.807) is 23.1 Å². The second-order valence-electron chi connectivity index (χ2n) is 5.77. The number of benzene rings is 1. The van der Waals surface area contributed by atoms with Crippen LogP contribution >= 0.6 is 0 Å². The Kier molecular flexibility index (Phi) is 4.43. The summed E-state index contributed by atoms with van der Waals surface area (Å²) < 4.78 is 45.2. The van der Waals surface area contributed by atoms with E-state index in [4.69, 9.17) is 9.47 Å². The van der Waals surface area contributed by atoms with Gasteiger partial charge in [-0.15, -0.1) is 3.89 Å². The van der Waals surface area contributed by atoms with Crippen molar-refractivity contribution in [2.45, 2.75) is 12.8 Å². The molecular formula is C15H18FNO5S. The molecule has 0 spiro atoms. The maximum Gasteiger partial charge on any atom is 0.302 e. The smallest absolute Gasteiger partial charge is 0.302 e. The van der Waals surface area contributed by atoms with E-state index < -0.39 is 16.0 Å². The van der Waals surface area contributed by atoms with Crippen molar-refractivity contribution in [2.75, 3.05) is 32.1 Å². The molecule has 0 bridgehead atoms. The van der Waals surface area contributed by atoms with Gasteiger partial charge >= 0.3 is 10.2 Å². The normalized spacial score (nSPS) is 18.7. The van der Waals surface area contributed by atoms with Crippen molar-refractivity contribution in [3.05, 3.63) is 23.8 Å². The zero-order valence-corrected chi connectivity index (χ0v) is 13.4. The lowest BCUT2D eigenvalue weighted by Crippen LogP contribution is -2.40. The molecule has 1 fully saturated rings. The van der Waals surface area contributed by atoms with Gasteiger partial charge in [-0.1, -0.05) is 6.07 Å². The zero-order chi connectivity index (χ0) is 16.4. The highest BCUT2D eigenvalue weighted by molar-refractivity contribution is 7.86. The van der Waals surface area contributed by atoms with Crippen LogP contribution in [0.3, 0.4) is 0 Å². The van der Waals surface area contributed by atoms with E-state index in [1.807, 2.05) is 0 Å². The van der Waals surface area contributed by atoms with Crippen LogP contribution in [0.1, 0.15) is 23.2 Å². The van der Waals surface area contributed by atoms with Crippen molar-refractivity contribution in [3.63, 3.8) is 0 Å². The zero-order valence-electron chi connectivity index (χ0n) is 12.5. The Morgan fingerprint density at radius 2 is 1.91 bits per heavy atom. The van der Waals surface area contributed by atoms with Crippen LogP contribution < -0.4 is 9.47 Å². The van der Waals surface area contributed by atoms with Crippen LogP contribution in [0.25, 0.3) is 0 Å². The van der Waals surface area contributed by atoms with Crippen molar-refractivity contribution in [2.24, 2.45) is 5.92 Å². The first-order valence-corrected chi connectivity index (χ1v) is 9.09. The molecule has 1 saturated heterocycles. The minimum atomic E-state index is -4.47. The molecule has 3 rings (SSSR count). The highest BCUT2D eigenvalue weighted by atomic mass is 32.3. The Bertz CT molecular complexity index is 698. The molecule has 6 nitrogen and oxygen atoms in total. The van der Waals surface area contributed by atoms with Gasteiger partial charge in [-0.2, -0.15) is 8.42 Å². The van der Waals surface area contributed by atoms with Crippen LogP contribution in [0.2, 0.25) is 0 Å². The van der Waals surface area contributed by atoms with Gasteiger partial charge in [0.2, 0.25) is 0 Å². The molecule has 0 saturated carbocycles. The number of rotatable bonds is 3. The minimum absolute atomic E-state index is 0.172. The molecule has 0 N–H and O–H groups in total. The van der Waals surface area contributed by atoms with Crippen LogP contribution in [0, 0.1) is 5.92 Å².